The predicted octanol–water partition coefficient (Wildman–Crippen LogP) is 3.94. The molecule has 1 aromatic carbocycles. The third-order valence-electron chi connectivity index (χ3n) is 5.47. The van der Waals surface area contributed by atoms with Crippen molar-refractivity contribution in [3.63, 3.8) is 0 Å². The molecule has 1 fully saturated rings. The highest BCUT2D eigenvalue weighted by atomic mass is 16.7. The monoisotopic (exact) mass is 341 g/mol. The molecule has 0 N–H and O–H groups in total. The van der Waals surface area contributed by atoms with Gasteiger partial charge in [-0.05, 0) is 46.2 Å². The highest BCUT2D eigenvalue weighted by molar-refractivity contribution is 6.65. The second-order valence-electron chi connectivity index (χ2n) is 9.06. The van der Waals surface area contributed by atoms with Crippen LogP contribution < -0.4 is 5.46 Å². The summed E-state index contributed by atoms with van der Waals surface area (Å²) in [6.45, 7) is 16.0. The molecule has 3 rings (SSSR count). The summed E-state index contributed by atoms with van der Waals surface area (Å²) in [4.78, 5) is 13.0. The molecule has 1 aliphatic heterocycles. The molecule has 1 aromatic heterocycles. The van der Waals surface area contributed by atoms with Crippen LogP contribution in [-0.2, 0) is 9.31 Å². The maximum atomic E-state index is 13.0. The van der Waals surface area contributed by atoms with Crippen molar-refractivity contribution in [1.82, 2.24) is 4.57 Å². The third kappa shape index (κ3) is 2.83. The smallest absolute Gasteiger partial charge is 0.399 e. The van der Waals surface area contributed by atoms with Gasteiger partial charge in [-0.3, -0.25) is 9.36 Å². The number of carbonyl (C=O) groups is 1. The van der Waals surface area contributed by atoms with E-state index in [1.807, 2.05) is 66.8 Å². The van der Waals surface area contributed by atoms with E-state index in [9.17, 15) is 4.79 Å². The molecule has 0 saturated carbocycles. The highest BCUT2D eigenvalue weighted by Gasteiger charge is 2.52. The number of aromatic nitrogens is 1. The number of benzene rings is 1. The van der Waals surface area contributed by atoms with E-state index < -0.39 is 23.7 Å². The molecule has 5 heteroatoms. The Morgan fingerprint density at radius 1 is 1.04 bits per heavy atom. The lowest BCUT2D eigenvalue weighted by atomic mass is 9.77. The Morgan fingerprint density at radius 3 is 2.12 bits per heavy atom. The molecule has 0 amide bonds. The van der Waals surface area contributed by atoms with Gasteiger partial charge in [0.25, 0.3) is 0 Å². The Kier molecular flexibility index (Phi) is 3.97. The van der Waals surface area contributed by atoms with Gasteiger partial charge in [0.15, 0.2) is 0 Å². The second-order valence-corrected chi connectivity index (χ2v) is 9.06. The van der Waals surface area contributed by atoms with Crippen LogP contribution in [-0.4, -0.2) is 28.8 Å². The molecule has 0 radical (unpaired) electrons. The van der Waals surface area contributed by atoms with Crippen LogP contribution in [0.4, 0.5) is 0 Å². The molecule has 134 valence electrons. The zero-order valence-corrected chi connectivity index (χ0v) is 16.6. The van der Waals surface area contributed by atoms with E-state index in [-0.39, 0.29) is 5.91 Å². The molecule has 2 heterocycles. The van der Waals surface area contributed by atoms with Gasteiger partial charge >= 0.3 is 7.12 Å². The van der Waals surface area contributed by atoms with Crippen molar-refractivity contribution in [2.75, 3.05) is 0 Å². The Balaban J connectivity index is 2.19. The van der Waals surface area contributed by atoms with Crippen molar-refractivity contribution in [1.29, 1.82) is 0 Å². The van der Waals surface area contributed by atoms with E-state index in [0.717, 1.165) is 21.9 Å². The van der Waals surface area contributed by atoms with Gasteiger partial charge in [-0.15, -0.1) is 0 Å². The van der Waals surface area contributed by atoms with Crippen molar-refractivity contribution < 1.29 is 14.1 Å². The van der Waals surface area contributed by atoms with Gasteiger partial charge < -0.3 is 9.31 Å². The molecule has 4 nitrogen and oxygen atoms in total. The van der Waals surface area contributed by atoms with E-state index in [1.54, 1.807) is 4.57 Å². The number of nitrogens with zero attached hydrogens (tertiary/aromatic N) is 1. The molecular formula is C20H28BNO3. The number of hydrogen-bond acceptors (Lipinski definition) is 3. The fourth-order valence-corrected chi connectivity index (χ4v) is 3.12. The predicted molar refractivity (Wildman–Crippen MR) is 102 cm³/mol. The molecule has 2 aromatic rings. The topological polar surface area (TPSA) is 40.5 Å². The Bertz CT molecular complexity index is 826. The minimum absolute atomic E-state index is 0.0610. The van der Waals surface area contributed by atoms with Crippen LogP contribution in [0.15, 0.2) is 24.4 Å². The zero-order chi connectivity index (χ0) is 18.8. The summed E-state index contributed by atoms with van der Waals surface area (Å²) >= 11 is 0. The van der Waals surface area contributed by atoms with E-state index in [4.69, 9.17) is 9.31 Å². The van der Waals surface area contributed by atoms with Gasteiger partial charge in [-0.25, -0.2) is 0 Å². The van der Waals surface area contributed by atoms with E-state index in [1.165, 1.54) is 0 Å². The van der Waals surface area contributed by atoms with Gasteiger partial charge in [0, 0.05) is 22.5 Å². The summed E-state index contributed by atoms with van der Waals surface area (Å²) < 4.78 is 14.2. The molecular weight excluding hydrogens is 313 g/mol. The Hall–Kier alpha value is -1.59. The molecule has 0 spiro atoms. The highest BCUT2D eigenvalue weighted by Crippen LogP contribution is 2.37. The summed E-state index contributed by atoms with van der Waals surface area (Å²) in [6.07, 6.45) is 1.86. The quantitative estimate of drug-likeness (QED) is 0.738. The van der Waals surface area contributed by atoms with Gasteiger partial charge in [0.05, 0.1) is 16.7 Å². The van der Waals surface area contributed by atoms with Crippen LogP contribution in [0, 0.1) is 12.3 Å². The van der Waals surface area contributed by atoms with Crippen LogP contribution in [0.25, 0.3) is 10.9 Å². The Labute approximate surface area is 150 Å². The number of rotatable bonds is 1. The summed E-state index contributed by atoms with van der Waals surface area (Å²) in [6, 6.07) is 6.09. The SMILES string of the molecule is Cc1ccc(B2OC(C)(C)C(C)(C)O2)c2c1ccn2C(=O)C(C)(C)C. The lowest BCUT2D eigenvalue weighted by molar-refractivity contribution is 0.00578. The maximum Gasteiger partial charge on any atom is 0.497 e. The molecule has 0 bridgehead atoms. The normalized spacial score (nSPS) is 19.6. The molecule has 0 unspecified atom stereocenters. The lowest BCUT2D eigenvalue weighted by Gasteiger charge is -2.32. The first kappa shape index (κ1) is 18.2. The maximum absolute atomic E-state index is 13.0. The van der Waals surface area contributed by atoms with Crippen molar-refractivity contribution in [3.05, 3.63) is 30.0 Å². The van der Waals surface area contributed by atoms with Crippen LogP contribution in [0.5, 0.6) is 0 Å². The van der Waals surface area contributed by atoms with Gasteiger partial charge in [0.2, 0.25) is 5.91 Å². The first-order valence-electron chi connectivity index (χ1n) is 8.86. The zero-order valence-electron chi connectivity index (χ0n) is 16.6. The van der Waals surface area contributed by atoms with Gasteiger partial charge in [-0.2, -0.15) is 0 Å². The largest absolute Gasteiger partial charge is 0.497 e. The molecule has 1 aliphatic rings. The van der Waals surface area contributed by atoms with Crippen LogP contribution in [0.2, 0.25) is 0 Å². The fraction of sp³-hybridized carbons (Fsp3) is 0.550. The number of aryl methyl sites for hydroxylation is 1. The van der Waals surface area contributed by atoms with Crippen molar-refractivity contribution in [3.8, 4) is 0 Å². The molecule has 0 atom stereocenters. The van der Waals surface area contributed by atoms with Crippen molar-refractivity contribution >= 4 is 29.4 Å². The fourth-order valence-electron chi connectivity index (χ4n) is 3.12. The molecule has 25 heavy (non-hydrogen) atoms. The summed E-state index contributed by atoms with van der Waals surface area (Å²) in [5, 5.41) is 1.06. The van der Waals surface area contributed by atoms with E-state index in [0.29, 0.717) is 0 Å². The molecule has 0 aliphatic carbocycles. The number of fused-ring (bicyclic) bond motifs is 1. The second kappa shape index (κ2) is 5.45. The first-order chi connectivity index (χ1) is 11.3. The first-order valence-corrected chi connectivity index (χ1v) is 8.86. The number of hydrogen-bond donors (Lipinski definition) is 0. The molecule has 1 saturated heterocycles. The van der Waals surface area contributed by atoms with Gasteiger partial charge in [-0.1, -0.05) is 32.9 Å². The lowest BCUT2D eigenvalue weighted by Crippen LogP contribution is -2.41. The van der Waals surface area contributed by atoms with Gasteiger partial charge in [0.1, 0.15) is 0 Å². The van der Waals surface area contributed by atoms with E-state index >= 15 is 0 Å². The number of carbonyl (C=O) groups excluding carboxylic acids is 1. The van der Waals surface area contributed by atoms with Crippen LogP contribution in [0.3, 0.4) is 0 Å². The van der Waals surface area contributed by atoms with Crippen molar-refractivity contribution in [2.24, 2.45) is 5.41 Å². The van der Waals surface area contributed by atoms with Crippen LogP contribution in [0.1, 0.15) is 58.8 Å². The Morgan fingerprint density at radius 2 is 1.60 bits per heavy atom. The summed E-state index contributed by atoms with van der Waals surface area (Å²) in [7, 11) is -0.491. The van der Waals surface area contributed by atoms with E-state index in [2.05, 4.69) is 13.0 Å². The minimum atomic E-state index is -0.491. The van der Waals surface area contributed by atoms with Crippen molar-refractivity contribution in [2.45, 2.75) is 66.6 Å². The average Bonchev–Trinajstić information content (AvgIpc) is 2.98. The third-order valence-corrected chi connectivity index (χ3v) is 5.47. The summed E-state index contributed by atoms with van der Waals surface area (Å²) in [5.41, 5.74) is 1.62. The summed E-state index contributed by atoms with van der Waals surface area (Å²) in [5.74, 6) is 0.0610. The van der Waals surface area contributed by atoms with Crippen LogP contribution >= 0.6 is 0 Å². The average molecular weight is 341 g/mol. The standard InChI is InChI=1S/C20H28BNO3/c1-13-9-10-15(21-24-19(5,6)20(7,8)25-21)16-14(13)11-12-22(16)17(23)18(2,3)4/h9-12H,1-8H3. The minimum Gasteiger partial charge on any atom is -0.399 e.